The summed E-state index contributed by atoms with van der Waals surface area (Å²) < 4.78 is 12.8. The van der Waals surface area contributed by atoms with Crippen molar-refractivity contribution in [2.24, 2.45) is 0 Å². The molecule has 6 nitrogen and oxygen atoms in total. The van der Waals surface area contributed by atoms with E-state index in [0.29, 0.717) is 25.4 Å². The molecule has 1 atom stereocenters. The van der Waals surface area contributed by atoms with E-state index in [1.165, 1.54) is 11.1 Å². The van der Waals surface area contributed by atoms with Crippen LogP contribution in [0.4, 0.5) is 0 Å². The van der Waals surface area contributed by atoms with Gasteiger partial charge < -0.3 is 24.5 Å². The monoisotopic (exact) mass is 415 g/mol. The summed E-state index contributed by atoms with van der Waals surface area (Å²) in [5.74, 6) is 1.43. The topological polar surface area (TPSA) is 68.5 Å². The average molecular weight is 416 g/mol. The third kappa shape index (κ3) is 4.86. The Morgan fingerprint density at radius 3 is 2.48 bits per heavy atom. The number of ether oxygens (including phenoxy) is 2. The first-order valence-corrected chi connectivity index (χ1v) is 10.8. The highest BCUT2D eigenvalue weighted by atomic mass is 32.2. The molecule has 156 valence electrons. The molecule has 0 unspecified atom stereocenters. The molecule has 3 rings (SSSR count). The number of hydrogen-bond donors (Lipinski definition) is 2. The van der Waals surface area contributed by atoms with Gasteiger partial charge in [-0.3, -0.25) is 0 Å². The van der Waals surface area contributed by atoms with E-state index in [1.807, 2.05) is 23.0 Å². The van der Waals surface area contributed by atoms with Crippen molar-refractivity contribution in [2.75, 3.05) is 27.0 Å². The maximum absolute atomic E-state index is 10.5. The number of rotatable bonds is 9. The summed E-state index contributed by atoms with van der Waals surface area (Å²) in [6.07, 6.45) is 3.31. The molecule has 0 bridgehead atoms. The van der Waals surface area contributed by atoms with Crippen molar-refractivity contribution in [3.8, 4) is 11.5 Å². The van der Waals surface area contributed by atoms with E-state index in [9.17, 15) is 5.11 Å². The van der Waals surface area contributed by atoms with Gasteiger partial charge in [0.1, 0.15) is 0 Å². The van der Waals surface area contributed by atoms with Crippen LogP contribution in [0.1, 0.15) is 16.7 Å². The number of fused-ring (bicyclic) bond motifs is 1. The molecule has 0 aliphatic heterocycles. The van der Waals surface area contributed by atoms with Gasteiger partial charge in [-0.05, 0) is 61.1 Å². The van der Waals surface area contributed by atoms with Crippen molar-refractivity contribution in [3.63, 3.8) is 0 Å². The number of thioether (sulfide) groups is 1. The van der Waals surface area contributed by atoms with Gasteiger partial charge in [0, 0.05) is 18.0 Å². The number of imidazole rings is 1. The Balaban J connectivity index is 1.63. The van der Waals surface area contributed by atoms with Crippen molar-refractivity contribution >= 4 is 22.8 Å². The summed E-state index contributed by atoms with van der Waals surface area (Å²) in [5.41, 5.74) is 5.58. The number of aliphatic hydroxyl groups is 1. The van der Waals surface area contributed by atoms with E-state index < -0.39 is 6.10 Å². The Labute approximate surface area is 176 Å². The molecule has 0 fully saturated rings. The van der Waals surface area contributed by atoms with Gasteiger partial charge >= 0.3 is 0 Å². The summed E-state index contributed by atoms with van der Waals surface area (Å²) in [6.45, 7) is 5.79. The first-order valence-electron chi connectivity index (χ1n) is 9.56. The number of benzene rings is 2. The lowest BCUT2D eigenvalue weighted by Gasteiger charge is -2.16. The molecule has 0 aliphatic carbocycles. The van der Waals surface area contributed by atoms with E-state index in [1.54, 1.807) is 32.3 Å². The molecular weight excluding hydrogens is 386 g/mol. The quantitative estimate of drug-likeness (QED) is 0.521. The largest absolute Gasteiger partial charge is 0.493 e. The second-order valence-electron chi connectivity index (χ2n) is 7.13. The molecule has 0 radical (unpaired) electrons. The van der Waals surface area contributed by atoms with Crippen LogP contribution in [-0.4, -0.2) is 47.8 Å². The average Bonchev–Trinajstić information content (AvgIpc) is 3.09. The zero-order valence-corrected chi connectivity index (χ0v) is 18.5. The zero-order chi connectivity index (χ0) is 21.0. The lowest BCUT2D eigenvalue weighted by molar-refractivity contribution is 0.152. The number of aliphatic hydroxyl groups excluding tert-OH is 1. The van der Waals surface area contributed by atoms with Gasteiger partial charge in [0.2, 0.25) is 0 Å². The maximum Gasteiger partial charge on any atom is 0.161 e. The van der Waals surface area contributed by atoms with Crippen LogP contribution in [0, 0.1) is 13.8 Å². The van der Waals surface area contributed by atoms with Gasteiger partial charge in [0.05, 0.1) is 44.2 Å². The molecule has 0 saturated carbocycles. The Morgan fingerprint density at radius 1 is 1.10 bits per heavy atom. The van der Waals surface area contributed by atoms with Crippen molar-refractivity contribution in [1.29, 1.82) is 0 Å². The molecule has 3 aromatic rings. The SMILES string of the molecule is COc1cc(CNC[C@H](O)Cn2cnc3cc(C)c(C)cc32)c(SC)cc1OC. The number of aryl methyl sites for hydroxylation is 2. The van der Waals surface area contributed by atoms with Gasteiger partial charge in [-0.25, -0.2) is 4.98 Å². The fourth-order valence-corrected chi connectivity index (χ4v) is 3.97. The Morgan fingerprint density at radius 2 is 1.79 bits per heavy atom. The fraction of sp³-hybridized carbons (Fsp3) is 0.409. The lowest BCUT2D eigenvalue weighted by atomic mass is 10.1. The Hall–Kier alpha value is -2.22. The number of methoxy groups -OCH3 is 2. The number of aromatic nitrogens is 2. The summed E-state index contributed by atoms with van der Waals surface area (Å²) in [7, 11) is 3.27. The van der Waals surface area contributed by atoms with Crippen LogP contribution in [0.15, 0.2) is 35.5 Å². The number of hydrogen-bond acceptors (Lipinski definition) is 6. The van der Waals surface area contributed by atoms with Crippen LogP contribution >= 0.6 is 11.8 Å². The van der Waals surface area contributed by atoms with E-state index in [2.05, 4.69) is 36.3 Å². The van der Waals surface area contributed by atoms with Crippen LogP contribution in [0.2, 0.25) is 0 Å². The molecule has 0 aliphatic rings. The molecular formula is C22H29N3O3S. The minimum atomic E-state index is -0.521. The number of nitrogens with one attached hydrogen (secondary N) is 1. The summed E-state index contributed by atoms with van der Waals surface area (Å²) in [6, 6.07) is 8.19. The van der Waals surface area contributed by atoms with Crippen LogP contribution in [0.3, 0.4) is 0 Å². The molecule has 0 amide bonds. The normalized spacial score (nSPS) is 12.3. The van der Waals surface area contributed by atoms with E-state index in [-0.39, 0.29) is 0 Å². The highest BCUT2D eigenvalue weighted by Crippen LogP contribution is 2.34. The van der Waals surface area contributed by atoms with E-state index in [0.717, 1.165) is 27.2 Å². The first kappa shape index (κ1) is 21.5. The molecule has 0 spiro atoms. The first-order chi connectivity index (χ1) is 14.0. The van der Waals surface area contributed by atoms with Crippen LogP contribution in [-0.2, 0) is 13.1 Å². The van der Waals surface area contributed by atoms with E-state index >= 15 is 0 Å². The third-order valence-electron chi connectivity index (χ3n) is 5.13. The minimum Gasteiger partial charge on any atom is -0.493 e. The van der Waals surface area contributed by atoms with Gasteiger partial charge in [-0.2, -0.15) is 0 Å². The highest BCUT2D eigenvalue weighted by Gasteiger charge is 2.13. The molecule has 1 heterocycles. The fourth-order valence-electron chi connectivity index (χ4n) is 3.35. The van der Waals surface area contributed by atoms with Crippen LogP contribution in [0.25, 0.3) is 11.0 Å². The van der Waals surface area contributed by atoms with E-state index in [4.69, 9.17) is 9.47 Å². The predicted molar refractivity (Wildman–Crippen MR) is 118 cm³/mol. The van der Waals surface area contributed by atoms with Crippen LogP contribution < -0.4 is 14.8 Å². The smallest absolute Gasteiger partial charge is 0.161 e. The molecule has 1 aromatic heterocycles. The lowest BCUT2D eigenvalue weighted by Crippen LogP contribution is -2.30. The second kappa shape index (κ2) is 9.52. The van der Waals surface area contributed by atoms with Crippen LogP contribution in [0.5, 0.6) is 11.5 Å². The highest BCUT2D eigenvalue weighted by molar-refractivity contribution is 7.98. The molecule has 7 heteroatoms. The molecule has 2 aromatic carbocycles. The summed E-state index contributed by atoms with van der Waals surface area (Å²) in [4.78, 5) is 5.58. The van der Waals surface area contributed by atoms with Crippen molar-refractivity contribution in [1.82, 2.24) is 14.9 Å². The summed E-state index contributed by atoms with van der Waals surface area (Å²) >= 11 is 1.66. The standard InChI is InChI=1S/C22H29N3O3S/c1-14-6-18-19(7-15(14)2)25(13-24-18)12-17(26)11-23-10-16-8-20(27-3)21(28-4)9-22(16)29-5/h6-9,13,17,23,26H,10-12H2,1-5H3/t17-/m0/s1. The molecule has 2 N–H and O–H groups in total. The van der Waals surface area contributed by atoms with Crippen molar-refractivity contribution in [2.45, 2.75) is 37.9 Å². The Kier molecular flexibility index (Phi) is 7.05. The third-order valence-corrected chi connectivity index (χ3v) is 5.95. The maximum atomic E-state index is 10.5. The summed E-state index contributed by atoms with van der Waals surface area (Å²) in [5, 5.41) is 13.9. The minimum absolute atomic E-state index is 0.479. The predicted octanol–water partition coefficient (Wildman–Crippen LogP) is 3.54. The molecule has 29 heavy (non-hydrogen) atoms. The number of nitrogens with zero attached hydrogens (tertiary/aromatic N) is 2. The van der Waals surface area contributed by atoms with Gasteiger partial charge in [-0.1, -0.05) is 0 Å². The van der Waals surface area contributed by atoms with Gasteiger partial charge in [0.15, 0.2) is 11.5 Å². The van der Waals surface area contributed by atoms with Gasteiger partial charge in [0.25, 0.3) is 0 Å². The van der Waals surface area contributed by atoms with Gasteiger partial charge in [-0.15, -0.1) is 11.8 Å². The van der Waals surface area contributed by atoms with Crippen molar-refractivity contribution in [3.05, 3.63) is 47.3 Å². The second-order valence-corrected chi connectivity index (χ2v) is 7.97. The van der Waals surface area contributed by atoms with Crippen molar-refractivity contribution < 1.29 is 14.6 Å². The zero-order valence-electron chi connectivity index (χ0n) is 17.7. The Bertz CT molecular complexity index is 987. The molecule has 0 saturated heterocycles.